The van der Waals surface area contributed by atoms with Crippen LogP contribution in [0, 0.1) is 0 Å². The lowest BCUT2D eigenvalue weighted by Crippen LogP contribution is -2.43. The van der Waals surface area contributed by atoms with Gasteiger partial charge in [-0.3, -0.25) is 4.79 Å². The number of hydrogen-bond donors (Lipinski definition) is 0. The number of rotatable bonds is 3. The van der Waals surface area contributed by atoms with Crippen molar-refractivity contribution in [2.75, 3.05) is 0 Å². The van der Waals surface area contributed by atoms with Crippen LogP contribution in [0.15, 0.2) is 14.3 Å². The topological polar surface area (TPSA) is 20.3 Å². The van der Waals surface area contributed by atoms with Crippen LogP contribution in [0.2, 0.25) is 0 Å². The van der Waals surface area contributed by atoms with Gasteiger partial charge in [-0.25, -0.2) is 0 Å². The fraction of sp³-hybridized carbons (Fsp3) is 0.615. The van der Waals surface area contributed by atoms with Crippen LogP contribution in [0.25, 0.3) is 0 Å². The fourth-order valence-corrected chi connectivity index (χ4v) is 4.56. The van der Waals surface area contributed by atoms with Gasteiger partial charge in [-0.15, -0.1) is 11.3 Å². The highest BCUT2D eigenvalue weighted by Crippen LogP contribution is 2.34. The van der Waals surface area contributed by atoms with Gasteiger partial charge in [0.25, 0.3) is 5.91 Å². The molecular formula is C13H17Br2NOS. The van der Waals surface area contributed by atoms with E-state index in [2.05, 4.69) is 50.6 Å². The molecule has 18 heavy (non-hydrogen) atoms. The number of hydrogen-bond acceptors (Lipinski definition) is 2. The van der Waals surface area contributed by atoms with E-state index in [0.717, 1.165) is 26.0 Å². The van der Waals surface area contributed by atoms with Gasteiger partial charge in [0.15, 0.2) is 0 Å². The van der Waals surface area contributed by atoms with E-state index in [1.54, 1.807) is 0 Å². The SMILES string of the molecule is CC(C)N(C(=O)c1cc(Br)c(Br)s1)C1CCCC1. The second-order valence-corrected chi connectivity index (χ2v) is 8.20. The average Bonchev–Trinajstić information content (AvgIpc) is 2.90. The number of nitrogens with zero attached hydrogens (tertiary/aromatic N) is 1. The molecule has 5 heteroatoms. The quantitative estimate of drug-likeness (QED) is 0.700. The van der Waals surface area contributed by atoms with Crippen molar-refractivity contribution in [2.45, 2.75) is 51.6 Å². The highest BCUT2D eigenvalue weighted by Gasteiger charge is 2.30. The Bertz CT molecular complexity index is 419. The monoisotopic (exact) mass is 393 g/mol. The molecule has 100 valence electrons. The zero-order valence-corrected chi connectivity index (χ0v) is 14.6. The molecule has 0 atom stereocenters. The Morgan fingerprint density at radius 1 is 1.39 bits per heavy atom. The molecule has 0 spiro atoms. The van der Waals surface area contributed by atoms with Crippen LogP contribution in [-0.2, 0) is 0 Å². The number of carbonyl (C=O) groups excluding carboxylic acids is 1. The first-order valence-electron chi connectivity index (χ1n) is 6.28. The van der Waals surface area contributed by atoms with Crippen molar-refractivity contribution in [3.05, 3.63) is 19.2 Å². The van der Waals surface area contributed by atoms with Gasteiger partial charge in [0, 0.05) is 16.6 Å². The molecule has 0 bridgehead atoms. The van der Waals surface area contributed by atoms with E-state index < -0.39 is 0 Å². The van der Waals surface area contributed by atoms with E-state index in [1.165, 1.54) is 24.2 Å². The van der Waals surface area contributed by atoms with Gasteiger partial charge < -0.3 is 4.90 Å². The zero-order chi connectivity index (χ0) is 13.3. The molecule has 0 radical (unpaired) electrons. The first-order chi connectivity index (χ1) is 8.50. The molecule has 1 fully saturated rings. The third kappa shape index (κ3) is 2.99. The Balaban J connectivity index is 2.22. The molecule has 0 N–H and O–H groups in total. The summed E-state index contributed by atoms with van der Waals surface area (Å²) in [5.41, 5.74) is 0. The van der Waals surface area contributed by atoms with Crippen molar-refractivity contribution in [2.24, 2.45) is 0 Å². The molecule has 1 saturated carbocycles. The van der Waals surface area contributed by atoms with Gasteiger partial charge in [0.2, 0.25) is 0 Å². The van der Waals surface area contributed by atoms with Crippen molar-refractivity contribution in [3.63, 3.8) is 0 Å². The number of halogens is 2. The first kappa shape index (κ1) is 14.5. The third-order valence-corrected chi connectivity index (χ3v) is 6.61. The van der Waals surface area contributed by atoms with E-state index in [1.807, 2.05) is 6.07 Å². The summed E-state index contributed by atoms with van der Waals surface area (Å²) in [5, 5.41) is 0. The third-order valence-electron chi connectivity index (χ3n) is 3.36. The summed E-state index contributed by atoms with van der Waals surface area (Å²) < 4.78 is 1.95. The minimum absolute atomic E-state index is 0.174. The normalized spacial score (nSPS) is 16.5. The second kappa shape index (κ2) is 6.06. The highest BCUT2D eigenvalue weighted by atomic mass is 79.9. The van der Waals surface area contributed by atoms with Crippen LogP contribution in [0.3, 0.4) is 0 Å². The Morgan fingerprint density at radius 3 is 2.44 bits per heavy atom. The standard InChI is InChI=1S/C13H17Br2NOS/c1-8(2)16(9-5-3-4-6-9)13(17)11-7-10(14)12(15)18-11/h7-9H,3-6H2,1-2H3. The van der Waals surface area contributed by atoms with Crippen molar-refractivity contribution in [1.29, 1.82) is 0 Å². The largest absolute Gasteiger partial charge is 0.333 e. The molecule has 0 unspecified atom stereocenters. The van der Waals surface area contributed by atoms with E-state index in [9.17, 15) is 4.79 Å². The molecule has 2 nitrogen and oxygen atoms in total. The summed E-state index contributed by atoms with van der Waals surface area (Å²) >= 11 is 8.41. The van der Waals surface area contributed by atoms with Gasteiger partial charge in [-0.05, 0) is 64.6 Å². The lowest BCUT2D eigenvalue weighted by Gasteiger charge is -2.32. The summed E-state index contributed by atoms with van der Waals surface area (Å²) in [4.78, 5) is 15.5. The summed E-state index contributed by atoms with van der Waals surface area (Å²) in [6.45, 7) is 4.21. The van der Waals surface area contributed by atoms with Gasteiger partial charge in [0.05, 0.1) is 8.66 Å². The molecule has 1 aromatic heterocycles. The predicted molar refractivity (Wildman–Crippen MR) is 83.3 cm³/mol. The Hall–Kier alpha value is 0.130. The lowest BCUT2D eigenvalue weighted by molar-refractivity contribution is 0.0618. The molecule has 0 aromatic carbocycles. The van der Waals surface area contributed by atoms with Gasteiger partial charge in [-0.1, -0.05) is 12.8 Å². The van der Waals surface area contributed by atoms with E-state index in [0.29, 0.717) is 6.04 Å². The zero-order valence-electron chi connectivity index (χ0n) is 10.6. The molecule has 2 rings (SSSR count). The smallest absolute Gasteiger partial charge is 0.264 e. The van der Waals surface area contributed by atoms with Crippen LogP contribution in [0.1, 0.15) is 49.2 Å². The molecule has 0 saturated heterocycles. The predicted octanol–water partition coefficient (Wildman–Crippen LogP) is 5.07. The molecule has 1 amide bonds. The van der Waals surface area contributed by atoms with Gasteiger partial charge in [-0.2, -0.15) is 0 Å². The van der Waals surface area contributed by atoms with Crippen LogP contribution < -0.4 is 0 Å². The van der Waals surface area contributed by atoms with Crippen LogP contribution >= 0.6 is 43.2 Å². The van der Waals surface area contributed by atoms with E-state index in [-0.39, 0.29) is 11.9 Å². The molecule has 1 aliphatic carbocycles. The van der Waals surface area contributed by atoms with Crippen LogP contribution in [-0.4, -0.2) is 22.9 Å². The lowest BCUT2D eigenvalue weighted by atomic mass is 10.1. The van der Waals surface area contributed by atoms with Crippen molar-refractivity contribution < 1.29 is 4.79 Å². The molecule has 1 aromatic rings. The second-order valence-electron chi connectivity index (χ2n) is 4.98. The summed E-state index contributed by atoms with van der Waals surface area (Å²) in [7, 11) is 0. The fourth-order valence-electron chi connectivity index (χ4n) is 2.58. The van der Waals surface area contributed by atoms with Crippen molar-refractivity contribution >= 4 is 49.1 Å². The molecule has 1 heterocycles. The number of carbonyl (C=O) groups is 1. The molecule has 1 aliphatic rings. The molecular weight excluding hydrogens is 378 g/mol. The van der Waals surface area contributed by atoms with Gasteiger partial charge in [0.1, 0.15) is 0 Å². The van der Waals surface area contributed by atoms with Crippen molar-refractivity contribution in [3.8, 4) is 0 Å². The summed E-state index contributed by atoms with van der Waals surface area (Å²) in [5.74, 6) is 0.174. The minimum atomic E-state index is 0.174. The highest BCUT2D eigenvalue weighted by molar-refractivity contribution is 9.13. The Morgan fingerprint density at radius 2 is 2.00 bits per heavy atom. The molecule has 0 aliphatic heterocycles. The average molecular weight is 395 g/mol. The van der Waals surface area contributed by atoms with Crippen LogP contribution in [0.4, 0.5) is 0 Å². The Labute approximate surface area is 129 Å². The number of thiophene rings is 1. The Kier molecular flexibility index (Phi) is 4.89. The first-order valence-corrected chi connectivity index (χ1v) is 8.68. The van der Waals surface area contributed by atoms with E-state index >= 15 is 0 Å². The summed E-state index contributed by atoms with van der Waals surface area (Å²) in [6, 6.07) is 2.61. The maximum absolute atomic E-state index is 12.6. The minimum Gasteiger partial charge on any atom is -0.333 e. The maximum Gasteiger partial charge on any atom is 0.264 e. The van der Waals surface area contributed by atoms with E-state index in [4.69, 9.17) is 0 Å². The maximum atomic E-state index is 12.6. The van der Waals surface area contributed by atoms with Crippen LogP contribution in [0.5, 0.6) is 0 Å². The van der Waals surface area contributed by atoms with Gasteiger partial charge >= 0.3 is 0 Å². The number of amides is 1. The van der Waals surface area contributed by atoms with Crippen molar-refractivity contribution in [1.82, 2.24) is 4.90 Å². The summed E-state index contributed by atoms with van der Waals surface area (Å²) in [6.07, 6.45) is 4.80.